The number of rotatable bonds is 6. The lowest BCUT2D eigenvalue weighted by atomic mass is 9.42. The molecule has 10 atom stereocenters. The molecule has 0 aromatic rings. The van der Waals surface area contributed by atoms with E-state index in [2.05, 4.69) is 53.4 Å². The minimum absolute atomic E-state index is 0.276. The van der Waals surface area contributed by atoms with Crippen LogP contribution in [0, 0.1) is 58.2 Å². The molecule has 0 aromatic heterocycles. The van der Waals surface area contributed by atoms with Gasteiger partial charge in [0.15, 0.2) is 0 Å². The molecule has 2 heteroatoms. The molecular formula is C29H50O2. The third-order valence-corrected chi connectivity index (χ3v) is 11.3. The number of hydrogen-bond donors (Lipinski definition) is 2. The summed E-state index contributed by atoms with van der Waals surface area (Å²) in [5, 5.41) is 21.8. The molecule has 31 heavy (non-hydrogen) atoms. The van der Waals surface area contributed by atoms with Crippen molar-refractivity contribution in [2.45, 2.75) is 124 Å². The van der Waals surface area contributed by atoms with Gasteiger partial charge in [0.25, 0.3) is 0 Å². The molecule has 0 radical (unpaired) electrons. The highest BCUT2D eigenvalue weighted by Gasteiger charge is 2.59. The van der Waals surface area contributed by atoms with E-state index in [4.69, 9.17) is 0 Å². The molecule has 0 heterocycles. The fraction of sp³-hybridized carbons (Fsp3) is 0.931. The van der Waals surface area contributed by atoms with Gasteiger partial charge in [-0.25, -0.2) is 0 Å². The Bertz CT molecular complexity index is 676. The van der Waals surface area contributed by atoms with Crippen molar-refractivity contribution in [3.8, 4) is 11.8 Å². The van der Waals surface area contributed by atoms with Gasteiger partial charge in [-0.1, -0.05) is 48.0 Å². The normalized spacial score (nSPS) is 45.5. The molecule has 3 rings (SSSR count). The van der Waals surface area contributed by atoms with Crippen molar-refractivity contribution >= 4 is 0 Å². The molecule has 0 unspecified atom stereocenters. The smallest absolute Gasteiger partial charge is 0.0677 e. The molecule has 2 nitrogen and oxygen atoms in total. The average Bonchev–Trinajstić information content (AvgIpc) is 2.76. The topological polar surface area (TPSA) is 40.5 Å². The van der Waals surface area contributed by atoms with Gasteiger partial charge in [-0.15, -0.1) is 11.8 Å². The molecule has 0 amide bonds. The van der Waals surface area contributed by atoms with Crippen LogP contribution < -0.4 is 0 Å². The summed E-state index contributed by atoms with van der Waals surface area (Å²) in [6, 6.07) is 0. The first-order valence-corrected chi connectivity index (χ1v) is 13.4. The quantitative estimate of drug-likeness (QED) is 0.453. The molecule has 2 N–H and O–H groups in total. The van der Waals surface area contributed by atoms with E-state index in [0.717, 1.165) is 37.0 Å². The third-order valence-electron chi connectivity index (χ3n) is 11.3. The first-order chi connectivity index (χ1) is 14.6. The maximum Gasteiger partial charge on any atom is 0.0677 e. The van der Waals surface area contributed by atoms with Crippen molar-refractivity contribution in [3.63, 3.8) is 0 Å². The second-order valence-corrected chi connectivity index (χ2v) is 12.2. The van der Waals surface area contributed by atoms with Crippen LogP contribution >= 0.6 is 0 Å². The van der Waals surface area contributed by atoms with Crippen molar-refractivity contribution in [3.05, 3.63) is 0 Å². The summed E-state index contributed by atoms with van der Waals surface area (Å²) in [6.45, 7) is 16.2. The largest absolute Gasteiger partial charge is 0.392 e. The van der Waals surface area contributed by atoms with Crippen LogP contribution in [0.25, 0.3) is 0 Å². The van der Waals surface area contributed by atoms with E-state index < -0.39 is 5.60 Å². The highest BCUT2D eigenvalue weighted by Crippen LogP contribution is 2.66. The zero-order valence-corrected chi connectivity index (χ0v) is 21.5. The Morgan fingerprint density at radius 2 is 1.74 bits per heavy atom. The lowest BCUT2D eigenvalue weighted by Gasteiger charge is -2.63. The standard InChI is InChI=1S/C29H50O2/c1-8-11-12-26(30)20(4)21(5)27(6)16-15-25-23(24(27)9-2)14-13-22-19-29(31,10-3)18-17-28(22,25)7/h20-26,30-31H,9-10,12-19H2,1-7H3/t20-,21+,22-,23-,24-,25-,26+,27+,28-,29-/m0/s1. The Hall–Kier alpha value is -0.520. The Balaban J connectivity index is 1.81. The monoisotopic (exact) mass is 430 g/mol. The Morgan fingerprint density at radius 1 is 1.03 bits per heavy atom. The Kier molecular flexibility index (Phi) is 7.60. The van der Waals surface area contributed by atoms with E-state index in [-0.39, 0.29) is 17.4 Å². The van der Waals surface area contributed by atoms with Crippen molar-refractivity contribution < 1.29 is 10.2 Å². The van der Waals surface area contributed by atoms with E-state index >= 15 is 0 Å². The maximum absolute atomic E-state index is 11.0. The van der Waals surface area contributed by atoms with E-state index in [0.29, 0.717) is 23.7 Å². The number of aliphatic hydroxyl groups excluding tert-OH is 1. The van der Waals surface area contributed by atoms with Gasteiger partial charge in [-0.3, -0.25) is 0 Å². The van der Waals surface area contributed by atoms with E-state index in [1.807, 2.05) is 6.92 Å². The second kappa shape index (κ2) is 9.38. The van der Waals surface area contributed by atoms with E-state index in [1.165, 1.54) is 38.5 Å². The van der Waals surface area contributed by atoms with Crippen LogP contribution in [0.1, 0.15) is 113 Å². The molecular weight excluding hydrogens is 380 g/mol. The molecule has 0 aliphatic heterocycles. The van der Waals surface area contributed by atoms with E-state index in [1.54, 1.807) is 0 Å². The van der Waals surface area contributed by atoms with Gasteiger partial charge >= 0.3 is 0 Å². The summed E-state index contributed by atoms with van der Waals surface area (Å²) in [6.07, 6.45) is 10.9. The zero-order valence-electron chi connectivity index (χ0n) is 21.5. The van der Waals surface area contributed by atoms with Crippen molar-refractivity contribution in [1.29, 1.82) is 0 Å². The molecule has 3 fully saturated rings. The van der Waals surface area contributed by atoms with Gasteiger partial charge in [-0.05, 0) is 105 Å². The highest BCUT2D eigenvalue weighted by molar-refractivity contribution is 5.09. The number of hydrogen-bond acceptors (Lipinski definition) is 2. The lowest BCUT2D eigenvalue weighted by Crippen LogP contribution is -2.57. The molecule has 3 saturated carbocycles. The van der Waals surface area contributed by atoms with Gasteiger partial charge < -0.3 is 10.2 Å². The molecule has 0 aromatic carbocycles. The van der Waals surface area contributed by atoms with Crippen LogP contribution in [-0.2, 0) is 0 Å². The molecule has 178 valence electrons. The van der Waals surface area contributed by atoms with Crippen molar-refractivity contribution in [1.82, 2.24) is 0 Å². The van der Waals surface area contributed by atoms with Crippen LogP contribution in [0.5, 0.6) is 0 Å². The highest BCUT2D eigenvalue weighted by atomic mass is 16.3. The lowest BCUT2D eigenvalue weighted by molar-refractivity contribution is -0.164. The number of aliphatic hydroxyl groups is 2. The molecule has 0 spiro atoms. The minimum atomic E-state index is -0.411. The summed E-state index contributed by atoms with van der Waals surface area (Å²) in [7, 11) is 0. The van der Waals surface area contributed by atoms with Crippen LogP contribution in [0.2, 0.25) is 0 Å². The number of fused-ring (bicyclic) bond motifs is 3. The fourth-order valence-corrected chi connectivity index (χ4v) is 8.65. The van der Waals surface area contributed by atoms with Crippen LogP contribution in [0.4, 0.5) is 0 Å². The van der Waals surface area contributed by atoms with Gasteiger partial charge in [0.1, 0.15) is 0 Å². The Morgan fingerprint density at radius 3 is 2.35 bits per heavy atom. The van der Waals surface area contributed by atoms with Gasteiger partial charge in [0, 0.05) is 6.42 Å². The summed E-state index contributed by atoms with van der Waals surface area (Å²) >= 11 is 0. The Labute approximate surface area is 193 Å². The first kappa shape index (κ1) is 25.1. The predicted octanol–water partition coefficient (Wildman–Crippen LogP) is 6.83. The second-order valence-electron chi connectivity index (χ2n) is 12.2. The average molecular weight is 431 g/mol. The zero-order chi connectivity index (χ0) is 23.0. The van der Waals surface area contributed by atoms with Crippen LogP contribution in [0.15, 0.2) is 0 Å². The minimum Gasteiger partial charge on any atom is -0.392 e. The SMILES string of the molecule is CC#CC[C@@H](O)[C@@H](C)[C@@H](C)[C@@]1(C)CC[C@H]2[C@@H](CC[C@H]3C[C@](O)(CC)CC[C@@]32C)[C@@H]1CC. The van der Waals surface area contributed by atoms with Crippen LogP contribution in [0.3, 0.4) is 0 Å². The maximum atomic E-state index is 11.0. The van der Waals surface area contributed by atoms with Crippen molar-refractivity contribution in [2.75, 3.05) is 0 Å². The van der Waals surface area contributed by atoms with Gasteiger partial charge in [-0.2, -0.15) is 0 Å². The molecule has 3 aliphatic rings. The first-order valence-electron chi connectivity index (χ1n) is 13.4. The fourth-order valence-electron chi connectivity index (χ4n) is 8.65. The van der Waals surface area contributed by atoms with E-state index in [9.17, 15) is 10.2 Å². The summed E-state index contributed by atoms with van der Waals surface area (Å²) < 4.78 is 0. The van der Waals surface area contributed by atoms with Gasteiger partial charge in [0.2, 0.25) is 0 Å². The molecule has 0 saturated heterocycles. The predicted molar refractivity (Wildman–Crippen MR) is 130 cm³/mol. The molecule has 3 aliphatic carbocycles. The van der Waals surface area contributed by atoms with Gasteiger partial charge in [0.05, 0.1) is 11.7 Å². The van der Waals surface area contributed by atoms with Crippen LogP contribution in [-0.4, -0.2) is 21.9 Å². The summed E-state index contributed by atoms with van der Waals surface area (Å²) in [5.41, 5.74) is 0.286. The summed E-state index contributed by atoms with van der Waals surface area (Å²) in [4.78, 5) is 0. The third kappa shape index (κ3) is 4.36. The molecule has 0 bridgehead atoms. The summed E-state index contributed by atoms with van der Waals surface area (Å²) in [5.74, 6) is 9.86. The van der Waals surface area contributed by atoms with Crippen molar-refractivity contribution in [2.24, 2.45) is 46.3 Å².